The van der Waals surface area contributed by atoms with Gasteiger partial charge in [0.15, 0.2) is 9.84 Å². The molecule has 0 spiro atoms. The number of unbranched alkanes of at least 4 members (excludes halogenated alkanes) is 1. The number of benzene rings is 1. The topological polar surface area (TPSA) is 83.6 Å². The number of amides is 2. The Kier molecular flexibility index (Phi) is 5.99. The Bertz CT molecular complexity index is 698. The van der Waals surface area contributed by atoms with E-state index >= 15 is 0 Å². The van der Waals surface area contributed by atoms with E-state index in [4.69, 9.17) is 0 Å². The molecular formula is C17H24N2O4S. The molecule has 1 aromatic rings. The lowest BCUT2D eigenvalue weighted by molar-refractivity contribution is -0.143. The van der Waals surface area contributed by atoms with Gasteiger partial charge in [-0.3, -0.25) is 9.59 Å². The highest BCUT2D eigenvalue weighted by Gasteiger charge is 2.34. The van der Waals surface area contributed by atoms with Crippen LogP contribution in [0.4, 0.5) is 5.69 Å². The number of carbonyl (C=O) groups is 2. The van der Waals surface area contributed by atoms with Crippen LogP contribution in [0.2, 0.25) is 0 Å². The average Bonchev–Trinajstić information content (AvgIpc) is 2.92. The highest BCUT2D eigenvalue weighted by atomic mass is 32.2. The largest absolute Gasteiger partial charge is 0.333 e. The molecule has 0 radical (unpaired) electrons. The van der Waals surface area contributed by atoms with Crippen molar-refractivity contribution in [3.8, 4) is 0 Å². The number of sulfone groups is 1. The lowest BCUT2D eigenvalue weighted by atomic mass is 10.1. The predicted octanol–water partition coefficient (Wildman–Crippen LogP) is 1.61. The van der Waals surface area contributed by atoms with E-state index in [0.29, 0.717) is 12.1 Å². The van der Waals surface area contributed by atoms with Crippen LogP contribution in [0.5, 0.6) is 0 Å². The van der Waals surface area contributed by atoms with Crippen molar-refractivity contribution >= 4 is 27.3 Å². The van der Waals surface area contributed by atoms with Gasteiger partial charge in [-0.15, -0.1) is 0 Å². The summed E-state index contributed by atoms with van der Waals surface area (Å²) >= 11 is 0. The fourth-order valence-corrected chi connectivity index (χ4v) is 4.50. The van der Waals surface area contributed by atoms with E-state index < -0.39 is 27.7 Å². The van der Waals surface area contributed by atoms with Crippen molar-refractivity contribution in [2.45, 2.75) is 38.6 Å². The zero-order valence-corrected chi connectivity index (χ0v) is 14.9. The molecule has 1 atom stereocenters. The molecule has 1 N–H and O–H groups in total. The molecule has 1 aliphatic rings. The number of aryl methyl sites for hydroxylation is 1. The van der Waals surface area contributed by atoms with Crippen molar-refractivity contribution in [1.29, 1.82) is 0 Å². The molecule has 1 unspecified atom stereocenters. The van der Waals surface area contributed by atoms with Gasteiger partial charge in [-0.25, -0.2) is 8.42 Å². The summed E-state index contributed by atoms with van der Waals surface area (Å²) in [6, 6.07) is 6.99. The third-order valence-corrected chi connectivity index (χ3v) is 6.05. The zero-order valence-electron chi connectivity index (χ0n) is 14.1. The van der Waals surface area contributed by atoms with E-state index in [2.05, 4.69) is 12.2 Å². The number of hydrogen-bond donors (Lipinski definition) is 1. The Hall–Kier alpha value is -1.89. The van der Waals surface area contributed by atoms with E-state index in [9.17, 15) is 18.0 Å². The van der Waals surface area contributed by atoms with Gasteiger partial charge in [0.05, 0.1) is 11.5 Å². The number of hydrogen-bond acceptors (Lipinski definition) is 4. The number of nitrogens with zero attached hydrogens (tertiary/aromatic N) is 1. The van der Waals surface area contributed by atoms with Crippen LogP contribution >= 0.6 is 0 Å². The van der Waals surface area contributed by atoms with E-state index in [0.717, 1.165) is 19.3 Å². The minimum atomic E-state index is -3.10. The van der Waals surface area contributed by atoms with E-state index in [-0.39, 0.29) is 11.5 Å². The summed E-state index contributed by atoms with van der Waals surface area (Å²) in [6.45, 7) is 2.13. The summed E-state index contributed by atoms with van der Waals surface area (Å²) in [5, 5.41) is 2.57. The highest BCUT2D eigenvalue weighted by molar-refractivity contribution is 7.91. The minimum Gasteiger partial charge on any atom is -0.333 e. The number of carbonyl (C=O) groups excluding carboxylic acids is 2. The maximum Gasteiger partial charge on any atom is 0.313 e. The third-order valence-electron chi connectivity index (χ3n) is 4.30. The molecule has 2 amide bonds. The van der Waals surface area contributed by atoms with Crippen LogP contribution in [0.15, 0.2) is 24.3 Å². The van der Waals surface area contributed by atoms with Gasteiger partial charge in [-0.2, -0.15) is 0 Å². The molecule has 1 heterocycles. The maximum absolute atomic E-state index is 12.2. The fourth-order valence-electron chi connectivity index (χ4n) is 2.73. The van der Waals surface area contributed by atoms with Crippen LogP contribution in [-0.2, 0) is 25.8 Å². The van der Waals surface area contributed by atoms with Crippen molar-refractivity contribution in [3.63, 3.8) is 0 Å². The van der Waals surface area contributed by atoms with Crippen LogP contribution in [0, 0.1) is 0 Å². The lowest BCUT2D eigenvalue weighted by Crippen LogP contribution is -2.43. The summed E-state index contributed by atoms with van der Waals surface area (Å²) in [4.78, 5) is 25.5. The first-order valence-corrected chi connectivity index (χ1v) is 10.0. The summed E-state index contributed by atoms with van der Waals surface area (Å²) in [7, 11) is -1.62. The number of nitrogens with one attached hydrogen (secondary N) is 1. The van der Waals surface area contributed by atoms with Crippen molar-refractivity contribution in [3.05, 3.63) is 29.8 Å². The molecule has 1 saturated heterocycles. The second-order valence-electron chi connectivity index (χ2n) is 6.23. The lowest BCUT2D eigenvalue weighted by Gasteiger charge is -2.22. The van der Waals surface area contributed by atoms with Gasteiger partial charge >= 0.3 is 11.8 Å². The molecule has 24 heavy (non-hydrogen) atoms. The molecule has 1 fully saturated rings. The van der Waals surface area contributed by atoms with Gasteiger partial charge < -0.3 is 10.2 Å². The summed E-state index contributed by atoms with van der Waals surface area (Å²) in [5.74, 6) is -1.47. The van der Waals surface area contributed by atoms with Crippen molar-refractivity contribution in [2.75, 3.05) is 23.9 Å². The monoisotopic (exact) mass is 352 g/mol. The predicted molar refractivity (Wildman–Crippen MR) is 93.5 cm³/mol. The van der Waals surface area contributed by atoms with Crippen LogP contribution in [0.3, 0.4) is 0 Å². The molecule has 0 saturated carbocycles. The van der Waals surface area contributed by atoms with E-state index in [1.54, 1.807) is 12.1 Å². The van der Waals surface area contributed by atoms with Crippen molar-refractivity contribution < 1.29 is 18.0 Å². The van der Waals surface area contributed by atoms with Gasteiger partial charge in [0.1, 0.15) is 0 Å². The molecule has 2 rings (SSSR count). The number of likely N-dealkylation sites (N-methyl/N-ethyl adjacent to an activating group) is 1. The summed E-state index contributed by atoms with van der Waals surface area (Å²) in [5.41, 5.74) is 1.75. The molecule has 0 bridgehead atoms. The molecule has 6 nitrogen and oxygen atoms in total. The Balaban J connectivity index is 1.92. The molecular weight excluding hydrogens is 328 g/mol. The van der Waals surface area contributed by atoms with Gasteiger partial charge in [0.2, 0.25) is 0 Å². The maximum atomic E-state index is 12.2. The minimum absolute atomic E-state index is 0.0656. The molecule has 1 aliphatic heterocycles. The molecule has 0 aromatic heterocycles. The van der Waals surface area contributed by atoms with Crippen LogP contribution in [-0.4, -0.2) is 49.7 Å². The van der Waals surface area contributed by atoms with Gasteiger partial charge in [0.25, 0.3) is 0 Å². The quantitative estimate of drug-likeness (QED) is 0.816. The second kappa shape index (κ2) is 7.79. The van der Waals surface area contributed by atoms with Crippen molar-refractivity contribution in [2.24, 2.45) is 0 Å². The smallest absolute Gasteiger partial charge is 0.313 e. The first kappa shape index (κ1) is 18.4. The fraction of sp³-hybridized carbons (Fsp3) is 0.529. The van der Waals surface area contributed by atoms with Crippen LogP contribution in [0.25, 0.3) is 0 Å². The SMILES string of the molecule is CCCCc1ccc(NC(=O)C(=O)N(C)C2CCS(=O)(=O)C2)cc1. The second-order valence-corrected chi connectivity index (χ2v) is 8.46. The van der Waals surface area contributed by atoms with Gasteiger partial charge in [-0.05, 0) is 37.0 Å². The first-order chi connectivity index (χ1) is 11.3. The van der Waals surface area contributed by atoms with E-state index in [1.165, 1.54) is 17.5 Å². The number of rotatable bonds is 5. The Morgan fingerprint density at radius 3 is 2.46 bits per heavy atom. The molecule has 7 heteroatoms. The first-order valence-electron chi connectivity index (χ1n) is 8.20. The van der Waals surface area contributed by atoms with Gasteiger partial charge in [-0.1, -0.05) is 25.5 Å². The highest BCUT2D eigenvalue weighted by Crippen LogP contribution is 2.17. The van der Waals surface area contributed by atoms with Crippen LogP contribution < -0.4 is 5.32 Å². The molecule has 132 valence electrons. The summed E-state index contributed by atoms with van der Waals surface area (Å²) < 4.78 is 23.0. The van der Waals surface area contributed by atoms with Crippen molar-refractivity contribution in [1.82, 2.24) is 4.90 Å². The van der Waals surface area contributed by atoms with Gasteiger partial charge in [0, 0.05) is 18.8 Å². The zero-order chi connectivity index (χ0) is 17.7. The standard InChI is InChI=1S/C17H24N2O4S/c1-3-4-5-13-6-8-14(9-7-13)18-16(20)17(21)19(2)15-10-11-24(22,23)12-15/h6-9,15H,3-5,10-12H2,1-2H3,(H,18,20). The Labute approximate surface area is 143 Å². The third kappa shape index (κ3) is 4.80. The van der Waals surface area contributed by atoms with Crippen LogP contribution in [0.1, 0.15) is 31.7 Å². The Morgan fingerprint density at radius 2 is 1.92 bits per heavy atom. The number of anilines is 1. The molecule has 0 aliphatic carbocycles. The normalized spacial score (nSPS) is 19.0. The molecule has 1 aromatic carbocycles. The van der Waals surface area contributed by atoms with E-state index in [1.807, 2.05) is 12.1 Å². The average molecular weight is 352 g/mol. The Morgan fingerprint density at radius 1 is 1.25 bits per heavy atom. The summed E-state index contributed by atoms with van der Waals surface area (Å²) in [6.07, 6.45) is 3.60.